The van der Waals surface area contributed by atoms with Crippen LogP contribution < -0.4 is 9.62 Å². The van der Waals surface area contributed by atoms with Crippen molar-refractivity contribution in [3.8, 4) is 0 Å². The summed E-state index contributed by atoms with van der Waals surface area (Å²) in [5.74, 6) is 1.17. The van der Waals surface area contributed by atoms with Crippen molar-refractivity contribution in [3.63, 3.8) is 0 Å². The van der Waals surface area contributed by atoms with Crippen molar-refractivity contribution in [3.05, 3.63) is 93.0 Å². The zero-order chi connectivity index (χ0) is 23.0. The Morgan fingerprint density at radius 3 is 2.28 bits per heavy atom. The number of benzene rings is 3. The summed E-state index contributed by atoms with van der Waals surface area (Å²) in [4.78, 5) is 12.7. The Kier molecular flexibility index (Phi) is 9.27. The van der Waals surface area contributed by atoms with Crippen LogP contribution in [0.4, 0.5) is 5.69 Å². The molecule has 1 amide bonds. The number of hydrogen-bond donors (Lipinski definition) is 1. The molecular weight excluding hydrogens is 579 g/mol. The maximum absolute atomic E-state index is 13.2. The third-order valence-corrected chi connectivity index (χ3v) is 8.27. The van der Waals surface area contributed by atoms with Gasteiger partial charge >= 0.3 is 0 Å². The van der Waals surface area contributed by atoms with Crippen molar-refractivity contribution < 1.29 is 13.2 Å². The lowest BCUT2D eigenvalue weighted by atomic mass is 10.2. The van der Waals surface area contributed by atoms with Crippen LogP contribution in [-0.4, -0.2) is 33.2 Å². The Morgan fingerprint density at radius 1 is 0.969 bits per heavy atom. The minimum atomic E-state index is -3.88. The van der Waals surface area contributed by atoms with Crippen molar-refractivity contribution in [1.29, 1.82) is 0 Å². The van der Waals surface area contributed by atoms with Crippen molar-refractivity contribution in [2.75, 3.05) is 23.1 Å². The molecule has 5 nitrogen and oxygen atoms in total. The summed E-state index contributed by atoms with van der Waals surface area (Å²) in [5.41, 5.74) is 1.60. The van der Waals surface area contributed by atoms with Gasteiger partial charge in [0.15, 0.2) is 0 Å². The van der Waals surface area contributed by atoms with Gasteiger partial charge in [0.2, 0.25) is 5.91 Å². The molecule has 0 aliphatic heterocycles. The van der Waals surface area contributed by atoms with Crippen LogP contribution in [0.15, 0.2) is 83.8 Å². The number of thioether (sulfide) groups is 1. The van der Waals surface area contributed by atoms with Crippen LogP contribution in [0, 0.1) is 3.57 Å². The number of sulfonamides is 1. The fourth-order valence-electron chi connectivity index (χ4n) is 2.86. The standard InChI is InChI=1S/C23H22ClIN2O3S2/c24-19-8-6-18(7-9-19)17-31-15-14-26-23(28)16-27(21-12-10-20(25)11-13-21)32(29,30)22-4-2-1-3-5-22/h1-13H,14-17H2,(H,26,28). The number of amides is 1. The fraction of sp³-hybridized carbons (Fsp3) is 0.174. The van der Waals surface area contributed by atoms with Gasteiger partial charge in [0.05, 0.1) is 10.6 Å². The molecule has 3 aromatic carbocycles. The summed E-state index contributed by atoms with van der Waals surface area (Å²) >= 11 is 9.73. The first-order valence-corrected chi connectivity index (χ1v) is 13.8. The van der Waals surface area contributed by atoms with E-state index < -0.39 is 10.0 Å². The van der Waals surface area contributed by atoms with Gasteiger partial charge in [0, 0.05) is 26.6 Å². The first-order chi connectivity index (χ1) is 15.4. The third kappa shape index (κ3) is 7.13. The highest BCUT2D eigenvalue weighted by molar-refractivity contribution is 14.1. The molecule has 0 radical (unpaired) electrons. The highest BCUT2D eigenvalue weighted by atomic mass is 127. The first-order valence-electron chi connectivity index (χ1n) is 9.78. The molecule has 0 unspecified atom stereocenters. The molecule has 0 aliphatic carbocycles. The zero-order valence-electron chi connectivity index (χ0n) is 17.1. The van der Waals surface area contributed by atoms with Crippen LogP contribution in [0.25, 0.3) is 0 Å². The van der Waals surface area contributed by atoms with Crippen molar-refractivity contribution >= 4 is 67.6 Å². The smallest absolute Gasteiger partial charge is 0.264 e. The normalized spacial score (nSPS) is 11.2. The third-order valence-electron chi connectivity index (χ3n) is 4.48. The molecular formula is C23H22ClIN2O3S2. The lowest BCUT2D eigenvalue weighted by Crippen LogP contribution is -2.41. The molecule has 3 aromatic rings. The minimum Gasteiger partial charge on any atom is -0.354 e. The summed E-state index contributed by atoms with van der Waals surface area (Å²) < 4.78 is 28.6. The Labute approximate surface area is 211 Å². The zero-order valence-corrected chi connectivity index (χ0v) is 21.6. The van der Waals surface area contributed by atoms with Gasteiger partial charge in [0.25, 0.3) is 10.0 Å². The average molecular weight is 601 g/mol. The second-order valence-electron chi connectivity index (χ2n) is 6.83. The topological polar surface area (TPSA) is 66.5 Å². The number of nitrogens with one attached hydrogen (secondary N) is 1. The molecule has 0 saturated carbocycles. The van der Waals surface area contributed by atoms with E-state index in [1.54, 1.807) is 42.1 Å². The summed E-state index contributed by atoms with van der Waals surface area (Å²) in [6.07, 6.45) is 0. The molecule has 32 heavy (non-hydrogen) atoms. The van der Waals surface area contributed by atoms with E-state index in [0.29, 0.717) is 23.0 Å². The number of nitrogens with zero attached hydrogens (tertiary/aromatic N) is 1. The molecule has 0 aliphatic rings. The Balaban J connectivity index is 1.61. The van der Waals surface area contributed by atoms with Crippen molar-refractivity contribution in [1.82, 2.24) is 5.32 Å². The molecule has 0 aromatic heterocycles. The largest absolute Gasteiger partial charge is 0.354 e. The van der Waals surface area contributed by atoms with E-state index in [9.17, 15) is 13.2 Å². The van der Waals surface area contributed by atoms with E-state index in [1.807, 2.05) is 36.4 Å². The average Bonchev–Trinajstić information content (AvgIpc) is 2.80. The van der Waals surface area contributed by atoms with E-state index in [-0.39, 0.29) is 17.3 Å². The lowest BCUT2D eigenvalue weighted by molar-refractivity contribution is -0.119. The van der Waals surface area contributed by atoms with Gasteiger partial charge in [0.1, 0.15) is 6.54 Å². The number of carbonyl (C=O) groups is 1. The maximum atomic E-state index is 13.2. The van der Waals surface area contributed by atoms with Crippen LogP contribution in [0.5, 0.6) is 0 Å². The molecule has 0 atom stereocenters. The van der Waals surface area contributed by atoms with E-state index in [1.165, 1.54) is 12.1 Å². The molecule has 1 N–H and O–H groups in total. The van der Waals surface area contributed by atoms with Gasteiger partial charge in [-0.15, -0.1) is 0 Å². The van der Waals surface area contributed by atoms with Crippen LogP contribution in [0.2, 0.25) is 5.02 Å². The van der Waals surface area contributed by atoms with Crippen LogP contribution in [0.1, 0.15) is 5.56 Å². The van der Waals surface area contributed by atoms with Crippen LogP contribution in [-0.2, 0) is 20.6 Å². The number of halogens is 2. The van der Waals surface area contributed by atoms with Gasteiger partial charge in [-0.2, -0.15) is 11.8 Å². The molecule has 0 bridgehead atoms. The summed E-state index contributed by atoms with van der Waals surface area (Å²) in [7, 11) is -3.88. The molecule has 9 heteroatoms. The van der Waals surface area contributed by atoms with Gasteiger partial charge in [-0.05, 0) is 76.7 Å². The van der Waals surface area contributed by atoms with Crippen LogP contribution >= 0.6 is 46.0 Å². The van der Waals surface area contributed by atoms with Gasteiger partial charge in [-0.3, -0.25) is 9.10 Å². The second kappa shape index (κ2) is 11.9. The van der Waals surface area contributed by atoms with E-state index in [0.717, 1.165) is 19.2 Å². The fourth-order valence-corrected chi connectivity index (χ4v) is 5.61. The molecule has 0 fully saturated rings. The van der Waals surface area contributed by atoms with Crippen LogP contribution in [0.3, 0.4) is 0 Å². The van der Waals surface area contributed by atoms with E-state index in [2.05, 4.69) is 27.9 Å². The quantitative estimate of drug-likeness (QED) is 0.257. The number of anilines is 1. The van der Waals surface area contributed by atoms with E-state index >= 15 is 0 Å². The predicted molar refractivity (Wildman–Crippen MR) is 141 cm³/mol. The SMILES string of the molecule is O=C(CN(c1ccc(I)cc1)S(=O)(=O)c1ccccc1)NCCSCc1ccc(Cl)cc1. The monoisotopic (exact) mass is 600 g/mol. The van der Waals surface area contributed by atoms with Gasteiger partial charge in [-0.1, -0.05) is 41.9 Å². The van der Waals surface area contributed by atoms with Gasteiger partial charge < -0.3 is 5.32 Å². The summed E-state index contributed by atoms with van der Waals surface area (Å²) in [5, 5.41) is 3.53. The van der Waals surface area contributed by atoms with Gasteiger partial charge in [-0.25, -0.2) is 8.42 Å². The first kappa shape index (κ1) is 24.9. The van der Waals surface area contributed by atoms with Crippen molar-refractivity contribution in [2.24, 2.45) is 0 Å². The Bertz CT molecular complexity index is 1130. The molecule has 0 saturated heterocycles. The Hall–Kier alpha value is -1.75. The number of carbonyl (C=O) groups excluding carboxylic acids is 1. The predicted octanol–water partition coefficient (Wildman–Crippen LogP) is 5.19. The highest BCUT2D eigenvalue weighted by Gasteiger charge is 2.26. The summed E-state index contributed by atoms with van der Waals surface area (Å²) in [6, 6.07) is 22.8. The molecule has 168 valence electrons. The van der Waals surface area contributed by atoms with Crippen molar-refractivity contribution in [2.45, 2.75) is 10.6 Å². The molecule has 0 heterocycles. The summed E-state index contributed by atoms with van der Waals surface area (Å²) in [6.45, 7) is 0.155. The second-order valence-corrected chi connectivity index (χ2v) is 11.5. The maximum Gasteiger partial charge on any atom is 0.264 e. The molecule has 3 rings (SSSR count). The highest BCUT2D eigenvalue weighted by Crippen LogP contribution is 2.24. The lowest BCUT2D eigenvalue weighted by Gasteiger charge is -2.24. The number of hydrogen-bond acceptors (Lipinski definition) is 4. The Morgan fingerprint density at radius 2 is 1.62 bits per heavy atom. The molecule has 0 spiro atoms. The number of rotatable bonds is 10. The minimum absolute atomic E-state index is 0.143. The van der Waals surface area contributed by atoms with E-state index in [4.69, 9.17) is 11.6 Å².